The molecule has 0 radical (unpaired) electrons. The number of β-lactam (4-membered cyclic amide) rings is 1. The second-order valence-corrected chi connectivity index (χ2v) is 2.04. The third kappa shape index (κ3) is 0.529. The van der Waals surface area contributed by atoms with Gasteiger partial charge in [-0.05, 0) is 13.1 Å². The van der Waals surface area contributed by atoms with Crippen LogP contribution in [0.5, 0.6) is 0 Å². The molecule has 0 aromatic carbocycles. The van der Waals surface area contributed by atoms with E-state index in [-0.39, 0.29) is 5.91 Å². The normalized spacial score (nSPS) is 27.4. The van der Waals surface area contributed by atoms with Crippen LogP contribution in [0.25, 0.3) is 0 Å². The van der Waals surface area contributed by atoms with Crippen LogP contribution in [-0.2, 0) is 4.79 Å². The second-order valence-electron chi connectivity index (χ2n) is 2.04. The zero-order valence-corrected chi connectivity index (χ0v) is 4.92. The van der Waals surface area contributed by atoms with Crippen molar-refractivity contribution in [2.45, 2.75) is 19.4 Å². The number of hydrogen-bond donors (Lipinski definition) is 0. The summed E-state index contributed by atoms with van der Waals surface area (Å²) in [5.74, 6) is 0.188. The topological polar surface area (TPSA) is 20.3 Å². The van der Waals surface area contributed by atoms with Crippen LogP contribution < -0.4 is 0 Å². The number of likely N-dealkylation sites (tertiary alicyclic amines) is 1. The van der Waals surface area contributed by atoms with Gasteiger partial charge in [-0.2, -0.15) is 0 Å². The fraction of sp³-hybridized carbons (Fsp3) is 0.500. The van der Waals surface area contributed by atoms with Crippen LogP contribution in [0, 0.1) is 0 Å². The highest BCUT2D eigenvalue weighted by Crippen LogP contribution is 2.17. The lowest BCUT2D eigenvalue weighted by atomic mass is 10.1. The second kappa shape index (κ2) is 1.62. The minimum Gasteiger partial charge on any atom is -0.316 e. The third-order valence-electron chi connectivity index (χ3n) is 1.43. The van der Waals surface area contributed by atoms with Gasteiger partial charge in [-0.25, -0.2) is 0 Å². The van der Waals surface area contributed by atoms with Crippen molar-refractivity contribution in [1.82, 2.24) is 4.90 Å². The molecule has 0 N–H and O–H groups in total. The van der Waals surface area contributed by atoms with Crippen molar-refractivity contribution in [2.24, 2.45) is 0 Å². The highest BCUT2D eigenvalue weighted by molar-refractivity contribution is 5.83. The standard InChI is InChI=1S/C6H9NO/c1-3-7-5(2)4-6(7)8/h3,5H,1,4H2,2H3. The van der Waals surface area contributed by atoms with E-state index in [4.69, 9.17) is 0 Å². The zero-order valence-electron chi connectivity index (χ0n) is 4.92. The molecule has 1 amide bonds. The van der Waals surface area contributed by atoms with Gasteiger partial charge >= 0.3 is 0 Å². The first-order chi connectivity index (χ1) is 3.75. The van der Waals surface area contributed by atoms with E-state index in [2.05, 4.69) is 6.58 Å². The fourth-order valence-corrected chi connectivity index (χ4v) is 0.872. The molecule has 2 heteroatoms. The molecule has 0 aliphatic carbocycles. The van der Waals surface area contributed by atoms with Gasteiger partial charge in [0.25, 0.3) is 0 Å². The summed E-state index contributed by atoms with van der Waals surface area (Å²) in [6, 6.07) is 0.389. The lowest BCUT2D eigenvalue weighted by Gasteiger charge is -2.34. The van der Waals surface area contributed by atoms with Crippen LogP contribution >= 0.6 is 0 Å². The molecule has 1 heterocycles. The Labute approximate surface area is 48.8 Å². The predicted molar refractivity (Wildman–Crippen MR) is 31.1 cm³/mol. The van der Waals surface area contributed by atoms with E-state index in [0.29, 0.717) is 12.5 Å². The van der Waals surface area contributed by atoms with Crippen molar-refractivity contribution in [2.75, 3.05) is 0 Å². The summed E-state index contributed by atoms with van der Waals surface area (Å²) in [6.07, 6.45) is 2.27. The molecule has 1 aliphatic heterocycles. The molecule has 1 unspecified atom stereocenters. The number of hydrogen-bond acceptors (Lipinski definition) is 1. The molecule has 1 fully saturated rings. The van der Waals surface area contributed by atoms with Crippen molar-refractivity contribution in [3.8, 4) is 0 Å². The molecular formula is C6H9NO. The van der Waals surface area contributed by atoms with Crippen molar-refractivity contribution in [3.05, 3.63) is 12.8 Å². The quantitative estimate of drug-likeness (QED) is 0.457. The number of amides is 1. The van der Waals surface area contributed by atoms with Crippen molar-refractivity contribution < 1.29 is 4.79 Å². The van der Waals surface area contributed by atoms with E-state index in [1.165, 1.54) is 0 Å². The molecule has 1 aliphatic rings. The number of carbonyl (C=O) groups is 1. The Kier molecular flexibility index (Phi) is 1.08. The summed E-state index contributed by atoms with van der Waals surface area (Å²) in [4.78, 5) is 12.2. The van der Waals surface area contributed by atoms with Crippen LogP contribution in [0.1, 0.15) is 13.3 Å². The lowest BCUT2D eigenvalue weighted by molar-refractivity contribution is -0.140. The molecule has 8 heavy (non-hydrogen) atoms. The fourth-order valence-electron chi connectivity index (χ4n) is 0.872. The first-order valence-corrected chi connectivity index (χ1v) is 2.69. The zero-order chi connectivity index (χ0) is 6.15. The molecule has 1 saturated heterocycles. The molecule has 0 aromatic heterocycles. The first-order valence-electron chi connectivity index (χ1n) is 2.69. The van der Waals surface area contributed by atoms with Gasteiger partial charge in [0, 0.05) is 12.5 Å². The van der Waals surface area contributed by atoms with E-state index in [1.807, 2.05) is 6.92 Å². The van der Waals surface area contributed by atoms with Crippen LogP contribution in [0.15, 0.2) is 12.8 Å². The maximum absolute atomic E-state index is 10.5. The van der Waals surface area contributed by atoms with Crippen molar-refractivity contribution in [1.29, 1.82) is 0 Å². The average molecular weight is 111 g/mol. The number of carbonyl (C=O) groups excluding carboxylic acids is 1. The van der Waals surface area contributed by atoms with Gasteiger partial charge in [-0.1, -0.05) is 6.58 Å². The molecule has 44 valence electrons. The molecule has 1 rings (SSSR count). The van der Waals surface area contributed by atoms with Gasteiger partial charge in [-0.3, -0.25) is 4.79 Å². The van der Waals surface area contributed by atoms with Crippen LogP contribution in [0.3, 0.4) is 0 Å². The summed E-state index contributed by atoms with van der Waals surface area (Å²) < 4.78 is 0. The van der Waals surface area contributed by atoms with Gasteiger partial charge in [0.2, 0.25) is 5.91 Å². The van der Waals surface area contributed by atoms with Gasteiger partial charge in [0.05, 0.1) is 0 Å². The Morgan fingerprint density at radius 3 is 2.75 bits per heavy atom. The summed E-state index contributed by atoms with van der Waals surface area (Å²) in [5, 5.41) is 0. The van der Waals surface area contributed by atoms with Gasteiger partial charge < -0.3 is 4.90 Å². The van der Waals surface area contributed by atoms with Crippen molar-refractivity contribution >= 4 is 5.91 Å². The summed E-state index contributed by atoms with van der Waals surface area (Å²) in [6.45, 7) is 5.49. The number of nitrogens with zero attached hydrogens (tertiary/aromatic N) is 1. The van der Waals surface area contributed by atoms with Crippen molar-refractivity contribution in [3.63, 3.8) is 0 Å². The van der Waals surface area contributed by atoms with Gasteiger partial charge in [-0.15, -0.1) is 0 Å². The van der Waals surface area contributed by atoms with E-state index in [1.54, 1.807) is 11.1 Å². The van der Waals surface area contributed by atoms with Gasteiger partial charge in [0.15, 0.2) is 0 Å². The highest BCUT2D eigenvalue weighted by atomic mass is 16.2. The van der Waals surface area contributed by atoms with Crippen LogP contribution in [0.4, 0.5) is 0 Å². The molecule has 0 spiro atoms. The SMILES string of the molecule is C=CN1C(=O)CC1C. The summed E-state index contributed by atoms with van der Waals surface area (Å²) in [5.41, 5.74) is 0. The number of rotatable bonds is 1. The Morgan fingerprint density at radius 2 is 2.62 bits per heavy atom. The third-order valence-corrected chi connectivity index (χ3v) is 1.43. The Balaban J connectivity index is 2.52. The summed E-state index contributed by atoms with van der Waals surface area (Å²) in [7, 11) is 0. The summed E-state index contributed by atoms with van der Waals surface area (Å²) >= 11 is 0. The van der Waals surface area contributed by atoms with Crippen LogP contribution in [-0.4, -0.2) is 16.8 Å². The predicted octanol–water partition coefficient (Wildman–Crippen LogP) is 0.751. The minimum absolute atomic E-state index is 0.188. The highest BCUT2D eigenvalue weighted by Gasteiger charge is 2.29. The van der Waals surface area contributed by atoms with E-state index in [0.717, 1.165) is 0 Å². The molecule has 2 nitrogen and oxygen atoms in total. The molecular weight excluding hydrogens is 102 g/mol. The van der Waals surface area contributed by atoms with E-state index < -0.39 is 0 Å². The Hall–Kier alpha value is -0.790. The molecule has 0 bridgehead atoms. The molecule has 0 saturated carbocycles. The maximum atomic E-state index is 10.5. The largest absolute Gasteiger partial charge is 0.316 e. The monoisotopic (exact) mass is 111 g/mol. The Morgan fingerprint density at radius 1 is 2.00 bits per heavy atom. The van der Waals surface area contributed by atoms with E-state index in [9.17, 15) is 4.79 Å². The Bertz CT molecular complexity index is 130. The maximum Gasteiger partial charge on any atom is 0.228 e. The smallest absolute Gasteiger partial charge is 0.228 e. The first kappa shape index (κ1) is 5.35. The lowest BCUT2D eigenvalue weighted by Crippen LogP contribution is -2.46. The van der Waals surface area contributed by atoms with E-state index >= 15 is 0 Å². The van der Waals surface area contributed by atoms with Crippen LogP contribution in [0.2, 0.25) is 0 Å². The molecule has 0 aromatic rings. The average Bonchev–Trinajstić information content (AvgIpc) is 1.67. The molecule has 1 atom stereocenters. The minimum atomic E-state index is 0.188. The van der Waals surface area contributed by atoms with Gasteiger partial charge in [0.1, 0.15) is 0 Å².